The maximum Gasteiger partial charge on any atom is 0.238 e. The number of methoxy groups -OCH3 is 1. The van der Waals surface area contributed by atoms with Gasteiger partial charge in [-0.1, -0.05) is 35.9 Å². The number of para-hydroxylation sites is 1. The van der Waals surface area contributed by atoms with E-state index in [-0.39, 0.29) is 41.3 Å². The van der Waals surface area contributed by atoms with Gasteiger partial charge in [0.05, 0.1) is 24.6 Å². The summed E-state index contributed by atoms with van der Waals surface area (Å²) in [5, 5.41) is 13.6. The van der Waals surface area contributed by atoms with Crippen LogP contribution < -0.4 is 15.0 Å². The Morgan fingerprint density at radius 3 is 2.34 bits per heavy atom. The number of amides is 2. The van der Waals surface area contributed by atoms with Crippen molar-refractivity contribution in [2.75, 3.05) is 17.3 Å². The molecule has 1 fully saturated rings. The van der Waals surface area contributed by atoms with Gasteiger partial charge in [-0.3, -0.25) is 24.1 Å². The zero-order chi connectivity index (χ0) is 30.7. The third-order valence-corrected chi connectivity index (χ3v) is 9.29. The number of Topliss-reactive ketones (excluding diaryl/α,β-unsaturated/α-hetero) is 1. The Bertz CT molecular complexity index is 1840. The van der Waals surface area contributed by atoms with Crippen LogP contribution in [-0.4, -0.2) is 35.6 Å². The molecule has 220 valence electrons. The van der Waals surface area contributed by atoms with Gasteiger partial charge in [0.25, 0.3) is 0 Å². The second kappa shape index (κ2) is 10.5. The Morgan fingerprint density at radius 1 is 0.886 bits per heavy atom. The minimum absolute atomic E-state index is 0.0468. The van der Waals surface area contributed by atoms with Crippen molar-refractivity contribution < 1.29 is 29.0 Å². The fraction of sp³-hybridized carbons (Fsp3) is 0.222. The lowest BCUT2D eigenvalue weighted by Gasteiger charge is -2.42. The van der Waals surface area contributed by atoms with Crippen molar-refractivity contribution in [3.8, 4) is 11.5 Å². The highest BCUT2D eigenvalue weighted by molar-refractivity contribution is 6.25. The normalized spacial score (nSPS) is 24.4. The average molecular weight is 587 g/mol. The van der Waals surface area contributed by atoms with Crippen molar-refractivity contribution in [2.24, 2.45) is 17.8 Å². The summed E-state index contributed by atoms with van der Waals surface area (Å²) in [5.74, 6) is -3.12. The molecule has 8 nitrogen and oxygen atoms in total. The molecule has 0 aromatic heterocycles. The summed E-state index contributed by atoms with van der Waals surface area (Å²) in [7, 11) is 1.45. The van der Waals surface area contributed by atoms with Gasteiger partial charge < -0.3 is 15.2 Å². The van der Waals surface area contributed by atoms with Crippen molar-refractivity contribution in [1.82, 2.24) is 0 Å². The van der Waals surface area contributed by atoms with E-state index in [1.54, 1.807) is 31.2 Å². The number of carbonyl (C=O) groups is 4. The van der Waals surface area contributed by atoms with Crippen LogP contribution in [0.4, 0.5) is 17.1 Å². The van der Waals surface area contributed by atoms with Crippen LogP contribution in [0.3, 0.4) is 0 Å². The number of benzene rings is 3. The Labute approximate surface area is 254 Å². The van der Waals surface area contributed by atoms with Gasteiger partial charge in [-0.25, -0.2) is 0 Å². The van der Waals surface area contributed by atoms with Crippen LogP contribution in [-0.2, 0) is 19.2 Å². The number of aromatic hydroxyl groups is 1. The lowest BCUT2D eigenvalue weighted by molar-refractivity contribution is -0.123. The number of allylic oxidation sites excluding steroid dienone is 6. The van der Waals surface area contributed by atoms with Gasteiger partial charge in [0.1, 0.15) is 0 Å². The zero-order valence-electron chi connectivity index (χ0n) is 24.2. The standard InChI is InChI=1S/C36H30N2O6/c1-19-16-29(40)33-27(34(19)41)18-26-24(31(33)20-8-15-28(39)30(17-20)44-2)13-14-25-32(26)36(43)38(35(25)42)23-11-9-22(10-12-23)37-21-6-4-3-5-7-21/h3-13,15-17,25-26,31-32,37,39H,14,18H2,1-2H3/t25-,26+,31-,32-/m0/s1. The predicted molar refractivity (Wildman–Crippen MR) is 165 cm³/mol. The molecule has 3 aromatic carbocycles. The summed E-state index contributed by atoms with van der Waals surface area (Å²) >= 11 is 0. The van der Waals surface area contributed by atoms with Crippen LogP contribution in [0.25, 0.3) is 0 Å². The molecule has 0 bridgehead atoms. The van der Waals surface area contributed by atoms with Gasteiger partial charge in [-0.15, -0.1) is 0 Å². The number of phenols is 1. The molecule has 0 spiro atoms. The summed E-state index contributed by atoms with van der Waals surface area (Å²) in [4.78, 5) is 56.2. The zero-order valence-corrected chi connectivity index (χ0v) is 24.2. The molecule has 7 rings (SSSR count). The molecule has 1 saturated heterocycles. The van der Waals surface area contributed by atoms with Crippen LogP contribution in [0.15, 0.2) is 107 Å². The summed E-state index contributed by atoms with van der Waals surface area (Å²) in [6.07, 6.45) is 3.90. The van der Waals surface area contributed by atoms with E-state index in [2.05, 4.69) is 5.32 Å². The Hall–Kier alpha value is -5.24. The van der Waals surface area contributed by atoms with E-state index in [1.165, 1.54) is 24.2 Å². The van der Waals surface area contributed by atoms with Crippen molar-refractivity contribution in [3.05, 3.63) is 113 Å². The lowest BCUT2D eigenvalue weighted by atomic mass is 9.59. The molecule has 2 N–H and O–H groups in total. The van der Waals surface area contributed by atoms with Gasteiger partial charge in [0.2, 0.25) is 11.8 Å². The molecule has 3 aromatic rings. The second-order valence-electron chi connectivity index (χ2n) is 11.7. The van der Waals surface area contributed by atoms with E-state index in [4.69, 9.17) is 4.74 Å². The number of carbonyl (C=O) groups excluding carboxylic acids is 4. The van der Waals surface area contributed by atoms with Crippen molar-refractivity contribution in [3.63, 3.8) is 0 Å². The first-order chi connectivity index (χ1) is 21.3. The summed E-state index contributed by atoms with van der Waals surface area (Å²) < 4.78 is 5.36. The molecule has 2 amide bonds. The highest BCUT2D eigenvalue weighted by Gasteiger charge is 2.56. The Balaban J connectivity index is 1.26. The quantitative estimate of drug-likeness (QED) is 0.221. The summed E-state index contributed by atoms with van der Waals surface area (Å²) in [6, 6.07) is 21.8. The largest absolute Gasteiger partial charge is 0.504 e. The molecule has 44 heavy (non-hydrogen) atoms. The number of hydrogen-bond donors (Lipinski definition) is 2. The third kappa shape index (κ3) is 4.28. The van der Waals surface area contributed by atoms with E-state index in [9.17, 15) is 24.3 Å². The minimum atomic E-state index is -0.672. The van der Waals surface area contributed by atoms with Gasteiger partial charge >= 0.3 is 0 Å². The van der Waals surface area contributed by atoms with Gasteiger partial charge in [-0.2, -0.15) is 0 Å². The molecule has 1 aliphatic heterocycles. The lowest BCUT2D eigenvalue weighted by Crippen LogP contribution is -2.39. The maximum atomic E-state index is 14.2. The Kier molecular flexibility index (Phi) is 6.57. The maximum absolute atomic E-state index is 14.2. The molecule has 8 heteroatoms. The monoisotopic (exact) mass is 586 g/mol. The van der Waals surface area contributed by atoms with E-state index in [1.807, 2.05) is 48.5 Å². The summed E-state index contributed by atoms with van der Waals surface area (Å²) in [6.45, 7) is 1.62. The Morgan fingerprint density at radius 2 is 1.61 bits per heavy atom. The van der Waals surface area contributed by atoms with Gasteiger partial charge in [-0.05, 0) is 85.9 Å². The number of anilines is 3. The number of fused-ring (bicyclic) bond motifs is 3. The molecule has 4 aliphatic rings. The molecule has 0 saturated carbocycles. The highest BCUT2D eigenvalue weighted by atomic mass is 16.5. The van der Waals surface area contributed by atoms with Crippen LogP contribution >= 0.6 is 0 Å². The number of ketones is 2. The average Bonchev–Trinajstić information content (AvgIpc) is 3.29. The first kappa shape index (κ1) is 27.6. The number of nitrogens with one attached hydrogen (secondary N) is 1. The van der Waals surface area contributed by atoms with E-state index < -0.39 is 23.7 Å². The molecular formula is C36H30N2O6. The fourth-order valence-corrected chi connectivity index (χ4v) is 7.27. The number of imide groups is 1. The number of nitrogens with zero attached hydrogens (tertiary/aromatic N) is 1. The first-order valence-corrected chi connectivity index (χ1v) is 14.6. The molecule has 0 radical (unpaired) electrons. The van der Waals surface area contributed by atoms with Crippen LogP contribution in [0.2, 0.25) is 0 Å². The van der Waals surface area contributed by atoms with Crippen LogP contribution in [0, 0.1) is 17.8 Å². The predicted octanol–water partition coefficient (Wildman–Crippen LogP) is 5.78. The SMILES string of the molecule is COc1cc([C@H]2C3=CC[C@@H]4C(=O)N(c5ccc(Nc6ccccc6)cc5)C(=O)[C@@H]4[C@@H]3CC3=C2C(=O)C=C(C)C3=O)ccc1O. The molecule has 1 heterocycles. The minimum Gasteiger partial charge on any atom is -0.504 e. The topological polar surface area (TPSA) is 113 Å². The number of hydrogen-bond acceptors (Lipinski definition) is 7. The smallest absolute Gasteiger partial charge is 0.238 e. The molecule has 4 atom stereocenters. The van der Waals surface area contributed by atoms with Crippen molar-refractivity contribution >= 4 is 40.4 Å². The van der Waals surface area contributed by atoms with Crippen molar-refractivity contribution in [2.45, 2.75) is 25.7 Å². The highest BCUT2D eigenvalue weighted by Crippen LogP contribution is 2.55. The molecule has 0 unspecified atom stereocenters. The fourth-order valence-electron chi connectivity index (χ4n) is 7.27. The first-order valence-electron chi connectivity index (χ1n) is 14.6. The molecule has 3 aliphatic carbocycles. The van der Waals surface area contributed by atoms with E-state index in [0.29, 0.717) is 34.4 Å². The third-order valence-electron chi connectivity index (χ3n) is 9.29. The number of ether oxygens (including phenoxy) is 1. The number of rotatable bonds is 5. The van der Waals surface area contributed by atoms with E-state index >= 15 is 0 Å². The second-order valence-corrected chi connectivity index (χ2v) is 11.7. The van der Waals surface area contributed by atoms with Crippen molar-refractivity contribution in [1.29, 1.82) is 0 Å². The van der Waals surface area contributed by atoms with Crippen LogP contribution in [0.1, 0.15) is 31.2 Å². The van der Waals surface area contributed by atoms with Gasteiger partial charge in [0.15, 0.2) is 23.1 Å². The van der Waals surface area contributed by atoms with Gasteiger partial charge in [0, 0.05) is 34.0 Å². The summed E-state index contributed by atoms with van der Waals surface area (Å²) in [5.41, 5.74) is 4.90. The van der Waals surface area contributed by atoms with E-state index in [0.717, 1.165) is 16.9 Å². The molecular weight excluding hydrogens is 556 g/mol. The number of phenolic OH excluding ortho intramolecular Hbond substituents is 1. The van der Waals surface area contributed by atoms with Crippen LogP contribution in [0.5, 0.6) is 11.5 Å².